The predicted molar refractivity (Wildman–Crippen MR) is 125 cm³/mol. The number of pyridine rings is 1. The van der Waals surface area contributed by atoms with Gasteiger partial charge in [-0.25, -0.2) is 0 Å². The number of aromatic nitrogens is 3. The molecule has 7 nitrogen and oxygen atoms in total. The molecule has 0 aromatic carbocycles. The maximum Gasteiger partial charge on any atom is 0.253 e. The number of rotatable bonds is 6. The summed E-state index contributed by atoms with van der Waals surface area (Å²) in [4.78, 5) is 19.1. The van der Waals surface area contributed by atoms with Crippen molar-refractivity contribution in [2.45, 2.75) is 57.8 Å². The molecule has 2 aromatic rings. The van der Waals surface area contributed by atoms with Crippen LogP contribution in [-0.2, 0) is 26.1 Å². The van der Waals surface area contributed by atoms with Crippen LogP contribution in [0.4, 0.5) is 0 Å². The average Bonchev–Trinajstić information content (AvgIpc) is 3.37. The minimum absolute atomic E-state index is 0. The first-order valence-corrected chi connectivity index (χ1v) is 11.0. The number of carbonyl (C=O) groups excluding carboxylic acids is 1. The molecular formula is C22H32Cl2N6O. The minimum atomic E-state index is 0. The van der Waals surface area contributed by atoms with E-state index in [4.69, 9.17) is 5.10 Å². The van der Waals surface area contributed by atoms with Gasteiger partial charge in [0.05, 0.1) is 17.0 Å². The number of hydrogen-bond donors (Lipinski definition) is 2. The lowest BCUT2D eigenvalue weighted by Gasteiger charge is -2.15. The van der Waals surface area contributed by atoms with Gasteiger partial charge in [-0.1, -0.05) is 0 Å². The Balaban J connectivity index is 0.00000136. The highest BCUT2D eigenvalue weighted by atomic mass is 35.5. The summed E-state index contributed by atoms with van der Waals surface area (Å²) in [6, 6.07) is 4.66. The smallest absolute Gasteiger partial charge is 0.253 e. The number of aryl methyl sites for hydroxylation is 1. The lowest BCUT2D eigenvalue weighted by molar-refractivity contribution is 0.0950. The zero-order valence-corrected chi connectivity index (χ0v) is 19.4. The summed E-state index contributed by atoms with van der Waals surface area (Å²) in [5.41, 5.74) is 4.35. The van der Waals surface area contributed by atoms with Crippen molar-refractivity contribution in [3.8, 4) is 0 Å². The van der Waals surface area contributed by atoms with Crippen molar-refractivity contribution < 1.29 is 4.79 Å². The molecule has 31 heavy (non-hydrogen) atoms. The molecule has 1 saturated carbocycles. The molecule has 4 heterocycles. The fourth-order valence-electron chi connectivity index (χ4n) is 4.50. The summed E-state index contributed by atoms with van der Waals surface area (Å²) in [7, 11) is 0. The third kappa shape index (κ3) is 6.19. The van der Waals surface area contributed by atoms with Gasteiger partial charge in [0.2, 0.25) is 0 Å². The van der Waals surface area contributed by atoms with Crippen molar-refractivity contribution in [2.24, 2.45) is 5.92 Å². The summed E-state index contributed by atoms with van der Waals surface area (Å²) >= 11 is 0. The van der Waals surface area contributed by atoms with Gasteiger partial charge in [-0.05, 0) is 68.8 Å². The largest absolute Gasteiger partial charge is 0.349 e. The first-order valence-electron chi connectivity index (χ1n) is 11.0. The van der Waals surface area contributed by atoms with Crippen LogP contribution < -0.4 is 10.6 Å². The molecule has 0 radical (unpaired) electrons. The molecule has 0 spiro atoms. The molecule has 9 heteroatoms. The van der Waals surface area contributed by atoms with Gasteiger partial charge in [-0.3, -0.25) is 19.4 Å². The van der Waals surface area contributed by atoms with Crippen LogP contribution in [0.2, 0.25) is 0 Å². The normalized spacial score (nSPS) is 20.8. The van der Waals surface area contributed by atoms with Crippen LogP contribution in [-0.4, -0.2) is 51.2 Å². The number of amides is 1. The summed E-state index contributed by atoms with van der Waals surface area (Å²) in [5, 5.41) is 11.3. The monoisotopic (exact) mass is 466 g/mol. The van der Waals surface area contributed by atoms with Gasteiger partial charge < -0.3 is 10.6 Å². The number of likely N-dealkylation sites (tertiary alicyclic amines) is 1. The van der Waals surface area contributed by atoms with Crippen molar-refractivity contribution >= 4 is 30.7 Å². The van der Waals surface area contributed by atoms with Crippen LogP contribution in [0.3, 0.4) is 0 Å². The van der Waals surface area contributed by atoms with Gasteiger partial charge in [0.15, 0.2) is 0 Å². The standard InChI is InChI=1S/C22H30N6O.2ClH/c29-22(25-19-2-3-19)18-9-17(11-24-12-18)8-16-4-7-27(14-16)15-20-10-21-13-23-5-1-6-28(21)26-20;;/h9-12,16,19,23H,1-8,13-15H2,(H,25,29);2*1H. The molecule has 3 aliphatic rings. The van der Waals surface area contributed by atoms with Crippen LogP contribution in [0, 0.1) is 5.92 Å². The summed E-state index contributed by atoms with van der Waals surface area (Å²) in [5.74, 6) is 0.629. The van der Waals surface area contributed by atoms with Crippen molar-refractivity contribution in [2.75, 3.05) is 19.6 Å². The van der Waals surface area contributed by atoms with E-state index < -0.39 is 0 Å². The fraction of sp³-hybridized carbons (Fsp3) is 0.591. The Labute approximate surface area is 196 Å². The Hall–Kier alpha value is -1.67. The van der Waals surface area contributed by atoms with Crippen molar-refractivity contribution in [3.05, 3.63) is 47.0 Å². The van der Waals surface area contributed by atoms with Crippen molar-refractivity contribution in [1.82, 2.24) is 30.3 Å². The molecule has 0 bridgehead atoms. The highest BCUT2D eigenvalue weighted by Gasteiger charge is 2.26. The van der Waals surface area contributed by atoms with Crippen molar-refractivity contribution in [3.63, 3.8) is 0 Å². The first kappa shape index (κ1) is 24.0. The zero-order chi connectivity index (χ0) is 19.6. The topological polar surface area (TPSA) is 75.1 Å². The SMILES string of the molecule is Cl.Cl.O=C(NC1CC1)c1cncc(CC2CCN(Cc3cc4n(n3)CCCNC4)C2)c1. The second kappa shape index (κ2) is 10.8. The van der Waals surface area contributed by atoms with Crippen LogP contribution in [0.15, 0.2) is 24.5 Å². The number of carbonyl (C=O) groups is 1. The molecule has 2 aliphatic heterocycles. The Bertz CT molecular complexity index is 861. The Morgan fingerprint density at radius 3 is 2.87 bits per heavy atom. The number of halogens is 2. The van der Waals surface area contributed by atoms with Gasteiger partial charge in [-0.15, -0.1) is 24.8 Å². The molecular weight excluding hydrogens is 435 g/mol. The third-order valence-corrected chi connectivity index (χ3v) is 6.19. The molecule has 1 atom stereocenters. The maximum absolute atomic E-state index is 12.3. The van der Waals surface area contributed by atoms with Gasteiger partial charge in [0.1, 0.15) is 0 Å². The molecule has 1 amide bonds. The fourth-order valence-corrected chi connectivity index (χ4v) is 4.50. The van der Waals surface area contributed by atoms with Crippen LogP contribution in [0.5, 0.6) is 0 Å². The number of nitrogens with zero attached hydrogens (tertiary/aromatic N) is 4. The Morgan fingerprint density at radius 2 is 2.03 bits per heavy atom. The molecule has 5 rings (SSSR count). The first-order chi connectivity index (χ1) is 14.2. The lowest BCUT2D eigenvalue weighted by atomic mass is 9.99. The van der Waals surface area contributed by atoms with Crippen LogP contribution >= 0.6 is 24.8 Å². The molecule has 2 fully saturated rings. The van der Waals surface area contributed by atoms with E-state index in [-0.39, 0.29) is 30.7 Å². The van der Waals surface area contributed by atoms with Gasteiger partial charge >= 0.3 is 0 Å². The van der Waals surface area contributed by atoms with E-state index in [9.17, 15) is 4.79 Å². The molecule has 2 N–H and O–H groups in total. The highest BCUT2D eigenvalue weighted by molar-refractivity contribution is 5.94. The van der Waals surface area contributed by atoms with Crippen LogP contribution in [0.25, 0.3) is 0 Å². The van der Waals surface area contributed by atoms with E-state index >= 15 is 0 Å². The van der Waals surface area contributed by atoms with Gasteiger partial charge in [0.25, 0.3) is 5.91 Å². The summed E-state index contributed by atoms with van der Waals surface area (Å²) in [6.07, 6.45) is 9.12. The maximum atomic E-state index is 12.3. The van der Waals surface area contributed by atoms with Gasteiger partial charge in [-0.2, -0.15) is 5.10 Å². The van der Waals surface area contributed by atoms with E-state index in [0.29, 0.717) is 17.5 Å². The number of fused-ring (bicyclic) bond motifs is 1. The van der Waals surface area contributed by atoms with E-state index in [1.54, 1.807) is 6.20 Å². The molecule has 2 aromatic heterocycles. The molecule has 1 unspecified atom stereocenters. The average molecular weight is 467 g/mol. The third-order valence-electron chi connectivity index (χ3n) is 6.19. The minimum Gasteiger partial charge on any atom is -0.349 e. The Morgan fingerprint density at radius 1 is 1.16 bits per heavy atom. The second-order valence-corrected chi connectivity index (χ2v) is 8.80. The van der Waals surface area contributed by atoms with E-state index in [0.717, 1.165) is 65.0 Å². The predicted octanol–water partition coefficient (Wildman–Crippen LogP) is 2.57. The molecule has 170 valence electrons. The number of nitrogens with one attached hydrogen (secondary N) is 2. The molecule has 1 aliphatic carbocycles. The highest BCUT2D eigenvalue weighted by Crippen LogP contribution is 2.23. The second-order valence-electron chi connectivity index (χ2n) is 8.80. The van der Waals surface area contributed by atoms with Crippen LogP contribution in [0.1, 0.15) is 53.0 Å². The lowest BCUT2D eigenvalue weighted by Crippen LogP contribution is -2.25. The zero-order valence-electron chi connectivity index (χ0n) is 17.8. The number of hydrogen-bond acceptors (Lipinski definition) is 5. The Kier molecular flexibility index (Phi) is 8.33. The molecule has 1 saturated heterocycles. The van der Waals surface area contributed by atoms with Crippen molar-refractivity contribution in [1.29, 1.82) is 0 Å². The van der Waals surface area contributed by atoms with Gasteiger partial charge in [0, 0.05) is 44.6 Å². The summed E-state index contributed by atoms with van der Waals surface area (Å²) < 4.78 is 2.17. The van der Waals surface area contributed by atoms with E-state index in [1.807, 2.05) is 12.3 Å². The summed E-state index contributed by atoms with van der Waals surface area (Å²) in [6.45, 7) is 6.14. The quantitative estimate of drug-likeness (QED) is 0.683. The van der Waals surface area contributed by atoms with E-state index in [2.05, 4.69) is 31.3 Å². The van der Waals surface area contributed by atoms with E-state index in [1.165, 1.54) is 23.4 Å².